The highest BCUT2D eigenvalue weighted by Crippen LogP contribution is 2.35. The topological polar surface area (TPSA) is 23.5 Å². The van der Waals surface area contributed by atoms with Gasteiger partial charge in [0.2, 0.25) is 0 Å². The molecule has 0 saturated carbocycles. The highest BCUT2D eigenvalue weighted by atomic mass is 35.5. The van der Waals surface area contributed by atoms with Crippen LogP contribution in [0.5, 0.6) is 5.75 Å². The number of hydrogen-bond acceptors (Lipinski definition) is 2. The van der Waals surface area contributed by atoms with Crippen LogP contribution in [0, 0.1) is 0 Å². The fraction of sp³-hybridized carbons (Fsp3) is 0.625. The van der Waals surface area contributed by atoms with Crippen molar-refractivity contribution in [3.05, 3.63) is 28.3 Å². The van der Waals surface area contributed by atoms with Crippen molar-refractivity contribution in [1.29, 1.82) is 0 Å². The molecule has 1 aliphatic rings. The average molecular weight is 282 g/mol. The van der Waals surface area contributed by atoms with Gasteiger partial charge in [-0.15, -0.1) is 0 Å². The van der Waals surface area contributed by atoms with Gasteiger partial charge in [0.15, 0.2) is 0 Å². The molecule has 1 aromatic rings. The van der Waals surface area contributed by atoms with E-state index in [-0.39, 0.29) is 5.75 Å². The standard InChI is InChI=1S/C16H24ClNO/c1-3-9-18(10-4-2)13-6-7-14-12(11-13)5-8-15(19)16(14)17/h5,8,13,19H,3-4,6-7,9-11H2,1-2H3/t13-/m0/s1. The number of nitrogens with zero attached hydrogens (tertiary/aromatic N) is 1. The van der Waals surface area contributed by atoms with E-state index >= 15 is 0 Å². The van der Waals surface area contributed by atoms with Gasteiger partial charge in [-0.25, -0.2) is 0 Å². The Morgan fingerprint density at radius 2 is 1.95 bits per heavy atom. The third-order valence-electron chi connectivity index (χ3n) is 4.04. The summed E-state index contributed by atoms with van der Waals surface area (Å²) in [4.78, 5) is 2.61. The van der Waals surface area contributed by atoms with E-state index < -0.39 is 0 Å². The summed E-state index contributed by atoms with van der Waals surface area (Å²) in [6.07, 6.45) is 5.61. The fourth-order valence-electron chi connectivity index (χ4n) is 3.14. The van der Waals surface area contributed by atoms with Crippen LogP contribution in [0.25, 0.3) is 0 Å². The Morgan fingerprint density at radius 1 is 1.26 bits per heavy atom. The minimum absolute atomic E-state index is 0.220. The lowest BCUT2D eigenvalue weighted by atomic mass is 9.87. The minimum atomic E-state index is 0.220. The van der Waals surface area contributed by atoms with E-state index in [4.69, 9.17) is 11.6 Å². The van der Waals surface area contributed by atoms with Crippen LogP contribution >= 0.6 is 11.6 Å². The molecule has 106 valence electrons. The first-order valence-corrected chi connectivity index (χ1v) is 7.78. The van der Waals surface area contributed by atoms with Crippen molar-refractivity contribution in [2.45, 2.75) is 52.0 Å². The second kappa shape index (κ2) is 6.62. The molecule has 0 spiro atoms. The van der Waals surface area contributed by atoms with Gasteiger partial charge < -0.3 is 10.0 Å². The van der Waals surface area contributed by atoms with Crippen LogP contribution in [-0.4, -0.2) is 29.1 Å². The van der Waals surface area contributed by atoms with E-state index in [0.717, 1.165) is 24.8 Å². The number of phenols is 1. The number of phenolic OH excluding ortho intramolecular Hbond substituents is 1. The second-order valence-corrected chi connectivity index (χ2v) is 5.85. The van der Waals surface area contributed by atoms with E-state index in [1.807, 2.05) is 6.07 Å². The monoisotopic (exact) mass is 281 g/mol. The maximum Gasteiger partial charge on any atom is 0.134 e. The Bertz CT molecular complexity index is 427. The molecule has 0 unspecified atom stereocenters. The molecule has 1 aromatic carbocycles. The largest absolute Gasteiger partial charge is 0.506 e. The number of fused-ring (bicyclic) bond motifs is 1. The Labute approximate surface area is 121 Å². The molecule has 0 heterocycles. The third kappa shape index (κ3) is 3.24. The Balaban J connectivity index is 2.15. The summed E-state index contributed by atoms with van der Waals surface area (Å²) in [5.41, 5.74) is 2.47. The molecule has 0 radical (unpaired) electrons. The van der Waals surface area contributed by atoms with Crippen LogP contribution in [0.2, 0.25) is 5.02 Å². The first-order valence-electron chi connectivity index (χ1n) is 7.40. The van der Waals surface area contributed by atoms with E-state index in [9.17, 15) is 5.11 Å². The van der Waals surface area contributed by atoms with Crippen LogP contribution < -0.4 is 0 Å². The number of hydrogen-bond donors (Lipinski definition) is 1. The summed E-state index contributed by atoms with van der Waals surface area (Å²) in [5.74, 6) is 0.220. The molecule has 0 aliphatic heterocycles. The summed E-state index contributed by atoms with van der Waals surface area (Å²) >= 11 is 6.20. The van der Waals surface area contributed by atoms with Gasteiger partial charge in [0, 0.05) is 6.04 Å². The smallest absolute Gasteiger partial charge is 0.134 e. The first-order chi connectivity index (χ1) is 9.17. The van der Waals surface area contributed by atoms with E-state index in [1.165, 1.54) is 31.5 Å². The van der Waals surface area contributed by atoms with Crippen molar-refractivity contribution in [1.82, 2.24) is 4.90 Å². The predicted octanol–water partition coefficient (Wildman–Crippen LogP) is 4.02. The number of aromatic hydroxyl groups is 1. The second-order valence-electron chi connectivity index (χ2n) is 5.47. The van der Waals surface area contributed by atoms with Gasteiger partial charge in [0.1, 0.15) is 5.75 Å². The fourth-order valence-corrected chi connectivity index (χ4v) is 3.42. The summed E-state index contributed by atoms with van der Waals surface area (Å²) in [7, 11) is 0. The van der Waals surface area contributed by atoms with Crippen molar-refractivity contribution in [2.24, 2.45) is 0 Å². The van der Waals surface area contributed by atoms with Gasteiger partial charge in [-0.05, 0) is 62.4 Å². The summed E-state index contributed by atoms with van der Waals surface area (Å²) in [5, 5.41) is 10.2. The summed E-state index contributed by atoms with van der Waals surface area (Å²) in [6, 6.07) is 4.40. The Morgan fingerprint density at radius 3 is 2.58 bits per heavy atom. The molecule has 1 aliphatic carbocycles. The number of halogens is 1. The van der Waals surface area contributed by atoms with Gasteiger partial charge >= 0.3 is 0 Å². The van der Waals surface area contributed by atoms with Gasteiger partial charge in [0.25, 0.3) is 0 Å². The zero-order chi connectivity index (χ0) is 13.8. The highest BCUT2D eigenvalue weighted by molar-refractivity contribution is 6.32. The average Bonchev–Trinajstić information content (AvgIpc) is 2.42. The van der Waals surface area contributed by atoms with Crippen molar-refractivity contribution in [3.8, 4) is 5.75 Å². The van der Waals surface area contributed by atoms with Crippen molar-refractivity contribution < 1.29 is 5.11 Å². The van der Waals surface area contributed by atoms with Gasteiger partial charge in [-0.1, -0.05) is 31.5 Å². The lowest BCUT2D eigenvalue weighted by molar-refractivity contribution is 0.180. The van der Waals surface area contributed by atoms with Crippen molar-refractivity contribution in [2.75, 3.05) is 13.1 Å². The number of benzene rings is 1. The molecule has 0 amide bonds. The third-order valence-corrected chi connectivity index (χ3v) is 4.46. The molecule has 3 heteroatoms. The Hall–Kier alpha value is -0.730. The molecule has 1 N–H and O–H groups in total. The van der Waals surface area contributed by atoms with Gasteiger partial charge in [-0.3, -0.25) is 0 Å². The molecule has 2 nitrogen and oxygen atoms in total. The molecule has 19 heavy (non-hydrogen) atoms. The van der Waals surface area contributed by atoms with E-state index in [2.05, 4.69) is 18.7 Å². The number of rotatable bonds is 5. The molecule has 0 aromatic heterocycles. The molecule has 2 rings (SSSR count). The van der Waals surface area contributed by atoms with Crippen LogP contribution in [-0.2, 0) is 12.8 Å². The van der Waals surface area contributed by atoms with Crippen LogP contribution in [0.4, 0.5) is 0 Å². The minimum Gasteiger partial charge on any atom is -0.506 e. The molecule has 0 fully saturated rings. The normalized spacial score (nSPS) is 18.6. The SMILES string of the molecule is CCCN(CCC)[C@H]1CCc2c(ccc(O)c2Cl)C1. The molecular weight excluding hydrogens is 258 g/mol. The quantitative estimate of drug-likeness (QED) is 0.881. The van der Waals surface area contributed by atoms with Crippen molar-refractivity contribution >= 4 is 11.6 Å². The molecular formula is C16H24ClNO. The molecule has 0 saturated heterocycles. The van der Waals surface area contributed by atoms with Crippen molar-refractivity contribution in [3.63, 3.8) is 0 Å². The van der Waals surface area contributed by atoms with Gasteiger partial charge in [0.05, 0.1) is 5.02 Å². The zero-order valence-electron chi connectivity index (χ0n) is 12.0. The van der Waals surface area contributed by atoms with Crippen LogP contribution in [0.1, 0.15) is 44.2 Å². The van der Waals surface area contributed by atoms with Gasteiger partial charge in [-0.2, -0.15) is 0 Å². The predicted molar refractivity (Wildman–Crippen MR) is 81.1 cm³/mol. The Kier molecular flexibility index (Phi) is 5.12. The maximum atomic E-state index is 9.68. The first kappa shape index (κ1) is 14.7. The molecule has 0 bridgehead atoms. The van der Waals surface area contributed by atoms with E-state index in [0.29, 0.717) is 11.1 Å². The molecule has 1 atom stereocenters. The zero-order valence-corrected chi connectivity index (χ0v) is 12.7. The maximum absolute atomic E-state index is 9.68. The summed E-state index contributed by atoms with van der Waals surface area (Å²) in [6.45, 7) is 6.85. The lowest BCUT2D eigenvalue weighted by Crippen LogP contribution is -2.40. The summed E-state index contributed by atoms with van der Waals surface area (Å²) < 4.78 is 0. The van der Waals surface area contributed by atoms with Crippen LogP contribution in [0.3, 0.4) is 0 Å². The van der Waals surface area contributed by atoms with E-state index in [1.54, 1.807) is 6.07 Å². The highest BCUT2D eigenvalue weighted by Gasteiger charge is 2.25. The van der Waals surface area contributed by atoms with Crippen LogP contribution in [0.15, 0.2) is 12.1 Å². The lowest BCUT2D eigenvalue weighted by Gasteiger charge is -2.35.